The highest BCUT2D eigenvalue weighted by atomic mass is 32.2. The van der Waals surface area contributed by atoms with Crippen molar-refractivity contribution in [3.05, 3.63) is 52.2 Å². The maximum absolute atomic E-state index is 12.2. The van der Waals surface area contributed by atoms with E-state index < -0.39 is 10.0 Å². The topological polar surface area (TPSA) is 46.2 Å². The SMILES string of the molecule is Cc1ccc(S(=O)(=O)NC(C)Cc2cccs2)cc1. The highest BCUT2D eigenvalue weighted by Crippen LogP contribution is 2.14. The Balaban J connectivity index is 2.06. The molecule has 0 saturated heterocycles. The zero-order chi connectivity index (χ0) is 13.9. The maximum Gasteiger partial charge on any atom is 0.240 e. The lowest BCUT2D eigenvalue weighted by atomic mass is 10.2. The van der Waals surface area contributed by atoms with E-state index in [0.717, 1.165) is 5.56 Å². The maximum atomic E-state index is 12.2. The van der Waals surface area contributed by atoms with Crippen LogP contribution in [0, 0.1) is 6.92 Å². The van der Waals surface area contributed by atoms with Crippen molar-refractivity contribution in [1.82, 2.24) is 4.72 Å². The second-order valence-corrected chi connectivity index (χ2v) is 7.37. The Morgan fingerprint density at radius 3 is 2.47 bits per heavy atom. The molecule has 1 heterocycles. The molecule has 102 valence electrons. The van der Waals surface area contributed by atoms with E-state index in [0.29, 0.717) is 11.3 Å². The summed E-state index contributed by atoms with van der Waals surface area (Å²) in [6.45, 7) is 3.81. The van der Waals surface area contributed by atoms with Crippen LogP contribution in [-0.4, -0.2) is 14.5 Å². The van der Waals surface area contributed by atoms with Gasteiger partial charge in [-0.3, -0.25) is 0 Å². The molecule has 0 aliphatic carbocycles. The molecular formula is C14H17NO2S2. The minimum atomic E-state index is -3.42. The van der Waals surface area contributed by atoms with E-state index >= 15 is 0 Å². The molecule has 0 radical (unpaired) electrons. The summed E-state index contributed by atoms with van der Waals surface area (Å²) in [5.41, 5.74) is 1.05. The molecule has 0 aliphatic rings. The summed E-state index contributed by atoms with van der Waals surface area (Å²) in [7, 11) is -3.42. The average Bonchev–Trinajstić information content (AvgIpc) is 2.81. The minimum absolute atomic E-state index is 0.120. The van der Waals surface area contributed by atoms with Gasteiger partial charge in [-0.15, -0.1) is 11.3 Å². The van der Waals surface area contributed by atoms with Gasteiger partial charge in [0.05, 0.1) is 4.90 Å². The van der Waals surface area contributed by atoms with Gasteiger partial charge in [0.2, 0.25) is 10.0 Å². The van der Waals surface area contributed by atoms with Crippen molar-refractivity contribution in [3.63, 3.8) is 0 Å². The normalized spacial score (nSPS) is 13.4. The van der Waals surface area contributed by atoms with E-state index in [9.17, 15) is 8.42 Å². The highest BCUT2D eigenvalue weighted by molar-refractivity contribution is 7.89. The van der Waals surface area contributed by atoms with Crippen LogP contribution < -0.4 is 4.72 Å². The largest absolute Gasteiger partial charge is 0.240 e. The fraction of sp³-hybridized carbons (Fsp3) is 0.286. The van der Waals surface area contributed by atoms with Gasteiger partial charge < -0.3 is 0 Å². The Kier molecular flexibility index (Phi) is 4.39. The first-order valence-corrected chi connectivity index (χ1v) is 8.45. The Labute approximate surface area is 118 Å². The van der Waals surface area contributed by atoms with Gasteiger partial charge in [-0.05, 0) is 43.8 Å². The molecule has 3 nitrogen and oxygen atoms in total. The lowest BCUT2D eigenvalue weighted by Crippen LogP contribution is -2.33. The molecular weight excluding hydrogens is 278 g/mol. The molecule has 1 atom stereocenters. The first-order chi connectivity index (χ1) is 8.97. The first-order valence-electron chi connectivity index (χ1n) is 6.09. The van der Waals surface area contributed by atoms with Crippen molar-refractivity contribution in [1.29, 1.82) is 0 Å². The fourth-order valence-corrected chi connectivity index (χ4v) is 3.90. The summed E-state index contributed by atoms with van der Waals surface area (Å²) >= 11 is 1.64. The van der Waals surface area contributed by atoms with Gasteiger partial charge >= 0.3 is 0 Å². The predicted octanol–water partition coefficient (Wildman–Crippen LogP) is 2.97. The van der Waals surface area contributed by atoms with E-state index in [1.54, 1.807) is 35.6 Å². The molecule has 1 aromatic carbocycles. The number of sulfonamides is 1. The number of hydrogen-bond donors (Lipinski definition) is 1. The van der Waals surface area contributed by atoms with Crippen LogP contribution in [0.4, 0.5) is 0 Å². The summed E-state index contributed by atoms with van der Waals surface area (Å²) in [6, 6.07) is 10.7. The Morgan fingerprint density at radius 1 is 1.21 bits per heavy atom. The van der Waals surface area contributed by atoms with Crippen LogP contribution in [0.5, 0.6) is 0 Å². The third-order valence-corrected chi connectivity index (χ3v) is 5.28. The molecule has 1 aromatic heterocycles. The van der Waals surface area contributed by atoms with Gasteiger partial charge in [0.25, 0.3) is 0 Å². The van der Waals surface area contributed by atoms with Crippen molar-refractivity contribution >= 4 is 21.4 Å². The zero-order valence-electron chi connectivity index (χ0n) is 11.0. The number of hydrogen-bond acceptors (Lipinski definition) is 3. The highest BCUT2D eigenvalue weighted by Gasteiger charge is 2.17. The number of nitrogens with one attached hydrogen (secondary N) is 1. The van der Waals surface area contributed by atoms with Crippen molar-refractivity contribution in [2.24, 2.45) is 0 Å². The number of benzene rings is 1. The van der Waals surface area contributed by atoms with Crippen LogP contribution in [0.2, 0.25) is 0 Å². The van der Waals surface area contributed by atoms with Gasteiger partial charge in [-0.2, -0.15) is 0 Å². The van der Waals surface area contributed by atoms with Gasteiger partial charge in [0.15, 0.2) is 0 Å². The molecule has 0 spiro atoms. The molecule has 0 aliphatic heterocycles. The van der Waals surface area contributed by atoms with E-state index in [1.165, 1.54) is 4.88 Å². The summed E-state index contributed by atoms with van der Waals surface area (Å²) in [4.78, 5) is 1.50. The number of thiophene rings is 1. The van der Waals surface area contributed by atoms with Crippen LogP contribution >= 0.6 is 11.3 Å². The van der Waals surface area contributed by atoms with E-state index in [-0.39, 0.29) is 6.04 Å². The molecule has 2 aromatic rings. The molecule has 0 bridgehead atoms. The molecule has 0 saturated carbocycles. The Morgan fingerprint density at radius 2 is 1.89 bits per heavy atom. The molecule has 0 fully saturated rings. The fourth-order valence-electron chi connectivity index (χ4n) is 1.82. The van der Waals surface area contributed by atoms with E-state index in [1.807, 2.05) is 31.4 Å². The zero-order valence-corrected chi connectivity index (χ0v) is 12.6. The summed E-state index contributed by atoms with van der Waals surface area (Å²) < 4.78 is 27.1. The van der Waals surface area contributed by atoms with Crippen LogP contribution in [0.25, 0.3) is 0 Å². The van der Waals surface area contributed by atoms with Crippen molar-refractivity contribution in [3.8, 4) is 0 Å². The Bertz CT molecular complexity index is 616. The molecule has 5 heteroatoms. The van der Waals surface area contributed by atoms with Crippen molar-refractivity contribution in [2.75, 3.05) is 0 Å². The first kappa shape index (κ1) is 14.2. The summed E-state index contributed by atoms with van der Waals surface area (Å²) in [6.07, 6.45) is 0.711. The number of rotatable bonds is 5. The van der Waals surface area contributed by atoms with Gasteiger partial charge in [-0.25, -0.2) is 13.1 Å². The van der Waals surface area contributed by atoms with Crippen LogP contribution in [0.3, 0.4) is 0 Å². The van der Waals surface area contributed by atoms with Crippen LogP contribution in [-0.2, 0) is 16.4 Å². The third kappa shape index (κ3) is 3.89. The quantitative estimate of drug-likeness (QED) is 0.922. The average molecular weight is 295 g/mol. The molecule has 1 N–H and O–H groups in total. The lowest BCUT2D eigenvalue weighted by molar-refractivity contribution is 0.560. The van der Waals surface area contributed by atoms with Gasteiger partial charge in [0, 0.05) is 10.9 Å². The summed E-state index contributed by atoms with van der Waals surface area (Å²) in [5, 5.41) is 2.00. The number of aryl methyl sites for hydroxylation is 1. The second-order valence-electron chi connectivity index (χ2n) is 4.62. The standard InChI is InChI=1S/C14H17NO2S2/c1-11-5-7-14(8-6-11)19(16,17)15-12(2)10-13-4-3-9-18-13/h3-9,12,15H,10H2,1-2H3. The Hall–Kier alpha value is -1.17. The lowest BCUT2D eigenvalue weighted by Gasteiger charge is -2.13. The molecule has 19 heavy (non-hydrogen) atoms. The smallest absolute Gasteiger partial charge is 0.208 e. The molecule has 0 amide bonds. The minimum Gasteiger partial charge on any atom is -0.208 e. The van der Waals surface area contributed by atoms with Crippen LogP contribution in [0.1, 0.15) is 17.4 Å². The van der Waals surface area contributed by atoms with E-state index in [4.69, 9.17) is 0 Å². The molecule has 2 rings (SSSR count). The van der Waals surface area contributed by atoms with Gasteiger partial charge in [0.1, 0.15) is 0 Å². The molecule has 1 unspecified atom stereocenters. The van der Waals surface area contributed by atoms with Gasteiger partial charge in [-0.1, -0.05) is 23.8 Å². The van der Waals surface area contributed by atoms with Crippen molar-refractivity contribution in [2.45, 2.75) is 31.2 Å². The summed E-state index contributed by atoms with van der Waals surface area (Å²) in [5.74, 6) is 0. The predicted molar refractivity (Wildman–Crippen MR) is 79.0 cm³/mol. The van der Waals surface area contributed by atoms with Crippen LogP contribution in [0.15, 0.2) is 46.7 Å². The monoisotopic (exact) mass is 295 g/mol. The van der Waals surface area contributed by atoms with Crippen molar-refractivity contribution < 1.29 is 8.42 Å². The third-order valence-electron chi connectivity index (χ3n) is 2.78. The second kappa shape index (κ2) is 5.86. The van der Waals surface area contributed by atoms with E-state index in [2.05, 4.69) is 4.72 Å².